The number of rotatable bonds is 45. The van der Waals surface area contributed by atoms with Crippen LogP contribution in [0, 0.1) is 0 Å². The minimum absolute atomic E-state index is 0.191. The van der Waals surface area contributed by atoms with Gasteiger partial charge in [0.15, 0.2) is 0 Å². The molecular formula is C41H75NO13. The zero-order chi connectivity index (χ0) is 39.4. The first kappa shape index (κ1) is 51.1. The van der Waals surface area contributed by atoms with Crippen LogP contribution in [-0.2, 0) is 56.8 Å². The number of benzene rings is 1. The van der Waals surface area contributed by atoms with Crippen molar-refractivity contribution in [1.29, 1.82) is 0 Å². The smallest absolute Gasteiger partial charge is 0.338 e. The molecule has 0 spiro atoms. The van der Waals surface area contributed by atoms with Crippen molar-refractivity contribution < 1.29 is 61.6 Å². The molecule has 0 bridgehead atoms. The Balaban J connectivity index is 1.67. The van der Waals surface area contributed by atoms with E-state index in [1.807, 2.05) is 12.1 Å². The molecule has 1 rings (SSSR count). The van der Waals surface area contributed by atoms with Gasteiger partial charge in [-0.1, -0.05) is 52.4 Å². The summed E-state index contributed by atoms with van der Waals surface area (Å²) < 4.78 is 65.8. The lowest BCUT2D eigenvalue weighted by atomic mass is 10.1. The summed E-state index contributed by atoms with van der Waals surface area (Å²) in [5.74, 6) is -0.360. The van der Waals surface area contributed by atoms with Crippen molar-refractivity contribution in [2.75, 3.05) is 164 Å². The number of carbonyl (C=O) groups is 1. The van der Waals surface area contributed by atoms with Crippen molar-refractivity contribution in [2.24, 2.45) is 0 Å². The number of hydrogen-bond acceptors (Lipinski definition) is 14. The van der Waals surface area contributed by atoms with E-state index in [0.717, 1.165) is 38.1 Å². The van der Waals surface area contributed by atoms with Gasteiger partial charge >= 0.3 is 5.97 Å². The fraction of sp³-hybridized carbons (Fsp3) is 0.829. The van der Waals surface area contributed by atoms with Crippen LogP contribution in [0.5, 0.6) is 0 Å². The summed E-state index contributed by atoms with van der Waals surface area (Å²) in [4.78, 5) is 12.1. The first-order valence-corrected chi connectivity index (χ1v) is 20.6. The average molecular weight is 790 g/mol. The molecule has 0 atom stereocenters. The van der Waals surface area contributed by atoms with Gasteiger partial charge in [-0.25, -0.2) is 4.79 Å². The molecular weight excluding hydrogens is 714 g/mol. The Hall–Kier alpha value is -1.95. The molecule has 1 aromatic carbocycles. The Bertz CT molecular complexity index is 913. The van der Waals surface area contributed by atoms with Crippen LogP contribution in [0.25, 0.3) is 0 Å². The van der Waals surface area contributed by atoms with Crippen molar-refractivity contribution >= 4 is 11.7 Å². The molecule has 0 amide bonds. The Morgan fingerprint density at radius 1 is 0.382 bits per heavy atom. The van der Waals surface area contributed by atoms with Crippen LogP contribution in [0.15, 0.2) is 24.3 Å². The molecule has 14 heteroatoms. The van der Waals surface area contributed by atoms with E-state index in [1.165, 1.54) is 32.1 Å². The molecule has 0 heterocycles. The van der Waals surface area contributed by atoms with Gasteiger partial charge in [0.25, 0.3) is 0 Å². The predicted molar refractivity (Wildman–Crippen MR) is 213 cm³/mol. The monoisotopic (exact) mass is 790 g/mol. The molecule has 1 aromatic rings. The molecule has 1 N–H and O–H groups in total. The summed E-state index contributed by atoms with van der Waals surface area (Å²) in [7, 11) is 0. The van der Waals surface area contributed by atoms with Crippen molar-refractivity contribution in [3.8, 4) is 0 Å². The van der Waals surface area contributed by atoms with E-state index in [0.29, 0.717) is 144 Å². The quantitative estimate of drug-likeness (QED) is 0.0648. The molecule has 0 aliphatic carbocycles. The van der Waals surface area contributed by atoms with Gasteiger partial charge in [0.05, 0.1) is 144 Å². The largest absolute Gasteiger partial charge is 0.460 e. The maximum atomic E-state index is 12.1. The Labute approximate surface area is 331 Å². The minimum Gasteiger partial charge on any atom is -0.460 e. The fourth-order valence-electron chi connectivity index (χ4n) is 4.70. The minimum atomic E-state index is -0.360. The highest BCUT2D eigenvalue weighted by molar-refractivity contribution is 5.89. The number of carbonyl (C=O) groups excluding carboxylic acids is 1. The molecule has 0 saturated carbocycles. The second-order valence-electron chi connectivity index (χ2n) is 12.5. The van der Waals surface area contributed by atoms with Crippen molar-refractivity contribution in [3.63, 3.8) is 0 Å². The van der Waals surface area contributed by atoms with Crippen LogP contribution in [0.3, 0.4) is 0 Å². The van der Waals surface area contributed by atoms with Gasteiger partial charge in [-0.05, 0) is 37.1 Å². The van der Waals surface area contributed by atoms with Crippen molar-refractivity contribution in [2.45, 2.75) is 65.2 Å². The average Bonchev–Trinajstić information content (AvgIpc) is 3.20. The van der Waals surface area contributed by atoms with Gasteiger partial charge < -0.3 is 62.2 Å². The second-order valence-corrected chi connectivity index (χ2v) is 12.5. The molecule has 55 heavy (non-hydrogen) atoms. The third-order valence-electron chi connectivity index (χ3n) is 7.80. The SMILES string of the molecule is CCCCCCCCOCCOCCOCCOCCOCCOCCOCCOCCOCCOCCOCCOC(=O)c1ccc(NCCCC)cc1. The number of hydrogen-bond donors (Lipinski definition) is 1. The predicted octanol–water partition coefficient (Wildman–Crippen LogP) is 5.60. The molecule has 0 fully saturated rings. The normalized spacial score (nSPS) is 11.4. The first-order valence-electron chi connectivity index (χ1n) is 20.6. The van der Waals surface area contributed by atoms with E-state index < -0.39 is 0 Å². The van der Waals surface area contributed by atoms with E-state index in [-0.39, 0.29) is 12.6 Å². The molecule has 0 aliphatic heterocycles. The van der Waals surface area contributed by atoms with Crippen LogP contribution >= 0.6 is 0 Å². The van der Waals surface area contributed by atoms with Crippen LogP contribution in [0.1, 0.15) is 75.6 Å². The number of unbranched alkanes of at least 4 members (excludes halogenated alkanes) is 6. The van der Waals surface area contributed by atoms with Gasteiger partial charge in [0, 0.05) is 18.8 Å². The van der Waals surface area contributed by atoms with Crippen LogP contribution in [0.2, 0.25) is 0 Å². The zero-order valence-corrected chi connectivity index (χ0v) is 34.2. The highest BCUT2D eigenvalue weighted by Gasteiger charge is 2.07. The Kier molecular flexibility index (Phi) is 40.1. The fourth-order valence-corrected chi connectivity index (χ4v) is 4.70. The topological polar surface area (TPSA) is 140 Å². The first-order chi connectivity index (χ1) is 27.3. The van der Waals surface area contributed by atoms with Crippen molar-refractivity contribution in [3.05, 3.63) is 29.8 Å². The third-order valence-corrected chi connectivity index (χ3v) is 7.80. The number of nitrogens with one attached hydrogen (secondary N) is 1. The molecule has 0 unspecified atom stereocenters. The maximum Gasteiger partial charge on any atom is 0.338 e. The van der Waals surface area contributed by atoms with Crippen LogP contribution in [0.4, 0.5) is 5.69 Å². The van der Waals surface area contributed by atoms with Crippen LogP contribution in [-0.4, -0.2) is 164 Å². The van der Waals surface area contributed by atoms with Crippen molar-refractivity contribution in [1.82, 2.24) is 0 Å². The molecule has 14 nitrogen and oxygen atoms in total. The second kappa shape index (κ2) is 43.2. The Morgan fingerprint density at radius 2 is 0.691 bits per heavy atom. The summed E-state index contributed by atoms with van der Waals surface area (Å²) in [6, 6.07) is 7.30. The van der Waals surface area contributed by atoms with E-state index in [4.69, 9.17) is 56.8 Å². The lowest BCUT2D eigenvalue weighted by Crippen LogP contribution is -2.15. The van der Waals surface area contributed by atoms with E-state index in [9.17, 15) is 4.79 Å². The summed E-state index contributed by atoms with van der Waals surface area (Å²) in [5.41, 5.74) is 1.52. The van der Waals surface area contributed by atoms with E-state index in [1.54, 1.807) is 12.1 Å². The highest BCUT2D eigenvalue weighted by atomic mass is 16.6. The standard InChI is InChI=1S/C41H75NO13/c1-3-5-7-8-9-10-16-44-17-18-45-19-20-46-21-22-47-23-24-48-25-26-49-27-28-50-29-30-51-31-32-52-33-34-53-35-36-54-37-38-55-41(43)39-11-13-40(14-12-39)42-15-6-4-2/h11-14,42H,3-10,15-38H2,1-2H3. The Morgan fingerprint density at radius 3 is 1.05 bits per heavy atom. The van der Waals surface area contributed by atoms with Crippen LogP contribution < -0.4 is 5.32 Å². The molecule has 0 aromatic heterocycles. The van der Waals surface area contributed by atoms with Gasteiger partial charge in [0.1, 0.15) is 6.61 Å². The van der Waals surface area contributed by atoms with Gasteiger partial charge in [-0.15, -0.1) is 0 Å². The van der Waals surface area contributed by atoms with Gasteiger partial charge in [-0.2, -0.15) is 0 Å². The van der Waals surface area contributed by atoms with Gasteiger partial charge in [-0.3, -0.25) is 0 Å². The van der Waals surface area contributed by atoms with E-state index in [2.05, 4.69) is 19.2 Å². The number of anilines is 1. The summed E-state index contributed by atoms with van der Waals surface area (Å²) >= 11 is 0. The van der Waals surface area contributed by atoms with Gasteiger partial charge in [0.2, 0.25) is 0 Å². The molecule has 0 aliphatic rings. The molecule has 322 valence electrons. The summed E-state index contributed by atoms with van der Waals surface area (Å²) in [5, 5.41) is 3.32. The highest BCUT2D eigenvalue weighted by Crippen LogP contribution is 2.11. The third kappa shape index (κ3) is 37.4. The summed E-state index contributed by atoms with van der Waals surface area (Å²) in [6.45, 7) is 16.8. The molecule has 0 radical (unpaired) electrons. The zero-order valence-electron chi connectivity index (χ0n) is 34.2. The number of ether oxygens (including phenoxy) is 12. The molecule has 0 saturated heterocycles. The number of esters is 1. The summed E-state index contributed by atoms with van der Waals surface area (Å²) in [6.07, 6.45) is 9.90. The lowest BCUT2D eigenvalue weighted by Gasteiger charge is -2.09. The maximum absolute atomic E-state index is 12.1. The van der Waals surface area contributed by atoms with E-state index >= 15 is 0 Å². The lowest BCUT2D eigenvalue weighted by molar-refractivity contribution is -0.0280.